The van der Waals surface area contributed by atoms with Crippen LogP contribution in [0.1, 0.15) is 6.42 Å². The van der Waals surface area contributed by atoms with Gasteiger partial charge >= 0.3 is 0 Å². The molecule has 1 aromatic heterocycles. The van der Waals surface area contributed by atoms with Gasteiger partial charge in [-0.3, -0.25) is 0 Å². The van der Waals surface area contributed by atoms with E-state index in [2.05, 4.69) is 52.3 Å². The third-order valence-electron chi connectivity index (χ3n) is 4.50. The molecule has 4 heteroatoms. The molecule has 0 atom stereocenters. The van der Waals surface area contributed by atoms with Crippen molar-refractivity contribution >= 4 is 16.7 Å². The molecule has 2 heterocycles. The van der Waals surface area contributed by atoms with Crippen LogP contribution in [0.15, 0.2) is 54.7 Å². The van der Waals surface area contributed by atoms with Crippen LogP contribution in [0.25, 0.3) is 22.0 Å². The maximum atomic E-state index is 5.62. The maximum absolute atomic E-state index is 5.62. The molecule has 0 spiro atoms. The third kappa shape index (κ3) is 2.78. The Kier molecular flexibility index (Phi) is 3.67. The molecular formula is C19H20N4. The molecule has 4 nitrogen and oxygen atoms in total. The van der Waals surface area contributed by atoms with Crippen LogP contribution in [0.4, 0.5) is 5.95 Å². The van der Waals surface area contributed by atoms with Crippen molar-refractivity contribution < 1.29 is 0 Å². The van der Waals surface area contributed by atoms with Gasteiger partial charge in [0.05, 0.1) is 5.69 Å². The Morgan fingerprint density at radius 1 is 1.04 bits per heavy atom. The lowest BCUT2D eigenvalue weighted by Crippen LogP contribution is -2.48. The fourth-order valence-electron chi connectivity index (χ4n) is 3.16. The summed E-state index contributed by atoms with van der Waals surface area (Å²) in [4.78, 5) is 11.4. The molecule has 1 fully saturated rings. The van der Waals surface area contributed by atoms with Gasteiger partial charge in [-0.25, -0.2) is 9.97 Å². The smallest absolute Gasteiger partial charge is 0.225 e. The standard InChI is InChI=1S/C19H20N4/c20-9-7-14-12-23(13-14)19-21-10-8-18(22-19)17-6-5-15-3-1-2-4-16(15)11-17/h1-6,8,10-11,14H,7,9,12-13,20H2. The summed E-state index contributed by atoms with van der Waals surface area (Å²) >= 11 is 0. The molecule has 2 N–H and O–H groups in total. The Hall–Kier alpha value is -2.46. The second-order valence-corrected chi connectivity index (χ2v) is 6.15. The van der Waals surface area contributed by atoms with Crippen molar-refractivity contribution in [3.05, 3.63) is 54.7 Å². The minimum Gasteiger partial charge on any atom is -0.340 e. The van der Waals surface area contributed by atoms with Crippen LogP contribution in [0.2, 0.25) is 0 Å². The molecule has 0 saturated carbocycles. The highest BCUT2D eigenvalue weighted by Gasteiger charge is 2.27. The first-order chi connectivity index (χ1) is 11.3. The van der Waals surface area contributed by atoms with E-state index >= 15 is 0 Å². The minimum atomic E-state index is 0.688. The highest BCUT2D eigenvalue weighted by atomic mass is 15.3. The van der Waals surface area contributed by atoms with Crippen LogP contribution in [0.3, 0.4) is 0 Å². The highest BCUT2D eigenvalue weighted by molar-refractivity contribution is 5.86. The average Bonchev–Trinajstić information content (AvgIpc) is 2.57. The summed E-state index contributed by atoms with van der Waals surface area (Å²) in [5.41, 5.74) is 7.72. The first-order valence-electron chi connectivity index (χ1n) is 8.11. The molecule has 1 aliphatic rings. The van der Waals surface area contributed by atoms with E-state index in [1.807, 2.05) is 12.3 Å². The van der Waals surface area contributed by atoms with Crippen molar-refractivity contribution in [3.8, 4) is 11.3 Å². The molecule has 1 aliphatic heterocycles. The Morgan fingerprint density at radius 3 is 2.70 bits per heavy atom. The molecule has 0 aliphatic carbocycles. The molecular weight excluding hydrogens is 284 g/mol. The normalized spacial score (nSPS) is 14.9. The number of nitrogens with two attached hydrogens (primary N) is 1. The van der Waals surface area contributed by atoms with E-state index < -0.39 is 0 Å². The van der Waals surface area contributed by atoms with Crippen molar-refractivity contribution in [2.75, 3.05) is 24.5 Å². The van der Waals surface area contributed by atoms with Crippen LogP contribution in [-0.4, -0.2) is 29.6 Å². The first-order valence-corrected chi connectivity index (χ1v) is 8.11. The zero-order valence-electron chi connectivity index (χ0n) is 13.0. The van der Waals surface area contributed by atoms with Crippen LogP contribution in [0, 0.1) is 5.92 Å². The first kappa shape index (κ1) is 14.2. The van der Waals surface area contributed by atoms with E-state index in [9.17, 15) is 0 Å². The Bertz CT molecular complexity index is 824. The maximum Gasteiger partial charge on any atom is 0.225 e. The molecule has 0 radical (unpaired) electrons. The fraction of sp³-hybridized carbons (Fsp3) is 0.263. The van der Waals surface area contributed by atoms with E-state index in [-0.39, 0.29) is 0 Å². The quantitative estimate of drug-likeness (QED) is 0.805. The third-order valence-corrected chi connectivity index (χ3v) is 4.50. The number of aromatic nitrogens is 2. The monoisotopic (exact) mass is 304 g/mol. The number of fused-ring (bicyclic) bond motifs is 1. The fourth-order valence-corrected chi connectivity index (χ4v) is 3.16. The number of rotatable bonds is 4. The van der Waals surface area contributed by atoms with Gasteiger partial charge in [0.25, 0.3) is 0 Å². The second kappa shape index (κ2) is 5.97. The van der Waals surface area contributed by atoms with Crippen molar-refractivity contribution in [3.63, 3.8) is 0 Å². The largest absolute Gasteiger partial charge is 0.340 e. The number of benzene rings is 2. The van der Waals surface area contributed by atoms with E-state index in [0.717, 1.165) is 43.3 Å². The van der Waals surface area contributed by atoms with E-state index in [0.29, 0.717) is 5.92 Å². The average molecular weight is 304 g/mol. The van der Waals surface area contributed by atoms with Gasteiger partial charge < -0.3 is 10.6 Å². The summed E-state index contributed by atoms with van der Waals surface area (Å²) in [7, 11) is 0. The van der Waals surface area contributed by atoms with Crippen molar-refractivity contribution in [2.24, 2.45) is 11.7 Å². The van der Waals surface area contributed by atoms with Crippen LogP contribution >= 0.6 is 0 Å². The van der Waals surface area contributed by atoms with E-state index in [1.165, 1.54) is 10.8 Å². The van der Waals surface area contributed by atoms with Gasteiger partial charge in [-0.15, -0.1) is 0 Å². The summed E-state index contributed by atoms with van der Waals surface area (Å²) in [6, 6.07) is 16.8. The highest BCUT2D eigenvalue weighted by Crippen LogP contribution is 2.27. The van der Waals surface area contributed by atoms with Crippen molar-refractivity contribution in [2.45, 2.75) is 6.42 Å². The Balaban J connectivity index is 1.60. The van der Waals surface area contributed by atoms with Crippen molar-refractivity contribution in [1.29, 1.82) is 0 Å². The zero-order chi connectivity index (χ0) is 15.6. The summed E-state index contributed by atoms with van der Waals surface area (Å²) in [5.74, 6) is 1.51. The molecule has 0 bridgehead atoms. The molecule has 3 aromatic rings. The minimum absolute atomic E-state index is 0.688. The topological polar surface area (TPSA) is 55.0 Å². The SMILES string of the molecule is NCCC1CN(c2nccc(-c3ccc4ccccc4c3)n2)C1. The summed E-state index contributed by atoms with van der Waals surface area (Å²) in [5, 5.41) is 2.48. The van der Waals surface area contributed by atoms with Gasteiger partial charge in [0.15, 0.2) is 0 Å². The molecule has 0 unspecified atom stereocenters. The molecule has 2 aromatic carbocycles. The summed E-state index contributed by atoms with van der Waals surface area (Å²) < 4.78 is 0. The van der Waals surface area contributed by atoms with Gasteiger partial charge in [-0.2, -0.15) is 0 Å². The van der Waals surface area contributed by atoms with Gasteiger partial charge in [0.2, 0.25) is 5.95 Å². The lowest BCUT2D eigenvalue weighted by molar-refractivity contribution is 0.383. The van der Waals surface area contributed by atoms with Crippen LogP contribution < -0.4 is 10.6 Å². The Morgan fingerprint density at radius 2 is 1.87 bits per heavy atom. The van der Waals surface area contributed by atoms with Crippen LogP contribution in [0.5, 0.6) is 0 Å². The molecule has 1 saturated heterocycles. The lowest BCUT2D eigenvalue weighted by Gasteiger charge is -2.39. The lowest BCUT2D eigenvalue weighted by atomic mass is 9.97. The molecule has 23 heavy (non-hydrogen) atoms. The second-order valence-electron chi connectivity index (χ2n) is 6.15. The molecule has 4 rings (SSSR count). The number of hydrogen-bond donors (Lipinski definition) is 1. The predicted octanol–water partition coefficient (Wildman–Crippen LogP) is 3.08. The van der Waals surface area contributed by atoms with E-state index in [4.69, 9.17) is 10.7 Å². The van der Waals surface area contributed by atoms with Gasteiger partial charge in [0, 0.05) is 24.8 Å². The summed E-state index contributed by atoms with van der Waals surface area (Å²) in [6.45, 7) is 2.78. The van der Waals surface area contributed by atoms with E-state index in [1.54, 1.807) is 0 Å². The summed E-state index contributed by atoms with van der Waals surface area (Å²) in [6.07, 6.45) is 2.93. The molecule has 0 amide bonds. The molecule has 116 valence electrons. The Labute approximate surface area is 136 Å². The predicted molar refractivity (Wildman–Crippen MR) is 94.3 cm³/mol. The van der Waals surface area contributed by atoms with Gasteiger partial charge in [-0.05, 0) is 41.8 Å². The number of anilines is 1. The number of nitrogens with zero attached hydrogens (tertiary/aromatic N) is 3. The van der Waals surface area contributed by atoms with Gasteiger partial charge in [-0.1, -0.05) is 36.4 Å². The van der Waals surface area contributed by atoms with Crippen molar-refractivity contribution in [1.82, 2.24) is 9.97 Å². The zero-order valence-corrected chi connectivity index (χ0v) is 13.0. The number of hydrogen-bond acceptors (Lipinski definition) is 4. The van der Waals surface area contributed by atoms with Gasteiger partial charge in [0.1, 0.15) is 0 Å². The van der Waals surface area contributed by atoms with Crippen LogP contribution in [-0.2, 0) is 0 Å².